The summed E-state index contributed by atoms with van der Waals surface area (Å²) in [6.07, 6.45) is 2.44. The molecular weight excluding hydrogens is 254 g/mol. The van der Waals surface area contributed by atoms with Crippen LogP contribution in [-0.4, -0.2) is 20.5 Å². The van der Waals surface area contributed by atoms with Crippen LogP contribution in [0.25, 0.3) is 11.4 Å². The maximum Gasteiger partial charge on any atom is 0.191 e. The Labute approximate surface area is 119 Å². The van der Waals surface area contributed by atoms with Crippen molar-refractivity contribution in [1.82, 2.24) is 14.8 Å². The van der Waals surface area contributed by atoms with Crippen molar-refractivity contribution in [3.63, 3.8) is 0 Å². The van der Waals surface area contributed by atoms with Gasteiger partial charge in [-0.15, -0.1) is 10.2 Å². The normalized spacial score (nSPS) is 10.9. The fourth-order valence-corrected chi connectivity index (χ4v) is 3.07. The molecule has 0 fully saturated rings. The van der Waals surface area contributed by atoms with Crippen LogP contribution in [0.4, 0.5) is 0 Å². The quantitative estimate of drug-likeness (QED) is 0.585. The second-order valence-corrected chi connectivity index (χ2v) is 5.68. The maximum absolute atomic E-state index is 4.37. The van der Waals surface area contributed by atoms with E-state index in [1.807, 2.05) is 0 Å². The number of aromatic nitrogens is 3. The van der Waals surface area contributed by atoms with Gasteiger partial charge in [0.1, 0.15) is 0 Å². The summed E-state index contributed by atoms with van der Waals surface area (Å²) in [5, 5.41) is 9.74. The Morgan fingerprint density at radius 2 is 2.05 bits per heavy atom. The fourth-order valence-electron chi connectivity index (χ4n) is 1.99. The second kappa shape index (κ2) is 6.75. The summed E-state index contributed by atoms with van der Waals surface area (Å²) in [6, 6.07) is 8.44. The fraction of sp³-hybridized carbons (Fsp3) is 0.467. The topological polar surface area (TPSA) is 30.7 Å². The molecule has 1 heterocycles. The molecular formula is C15H21N3S. The highest BCUT2D eigenvalue weighted by Crippen LogP contribution is 2.25. The van der Waals surface area contributed by atoms with E-state index in [2.05, 4.69) is 59.8 Å². The Morgan fingerprint density at radius 1 is 1.21 bits per heavy atom. The van der Waals surface area contributed by atoms with E-state index in [4.69, 9.17) is 0 Å². The number of aryl methyl sites for hydroxylation is 1. The third-order valence-corrected chi connectivity index (χ3v) is 4.09. The SMILES string of the molecule is CCCCSc1nnc(-c2cccc(C)c2)n1CC. The van der Waals surface area contributed by atoms with Gasteiger partial charge in [-0.1, -0.05) is 48.9 Å². The lowest BCUT2D eigenvalue weighted by atomic mass is 10.1. The van der Waals surface area contributed by atoms with E-state index in [9.17, 15) is 0 Å². The van der Waals surface area contributed by atoms with Crippen molar-refractivity contribution in [2.45, 2.75) is 45.3 Å². The van der Waals surface area contributed by atoms with Gasteiger partial charge in [-0.05, 0) is 26.3 Å². The summed E-state index contributed by atoms with van der Waals surface area (Å²) >= 11 is 1.81. The Morgan fingerprint density at radius 3 is 2.74 bits per heavy atom. The molecule has 0 aliphatic rings. The Hall–Kier alpha value is -1.29. The van der Waals surface area contributed by atoms with E-state index >= 15 is 0 Å². The summed E-state index contributed by atoms with van der Waals surface area (Å²) in [5.41, 5.74) is 2.40. The van der Waals surface area contributed by atoms with Crippen LogP contribution in [0.2, 0.25) is 0 Å². The highest BCUT2D eigenvalue weighted by Gasteiger charge is 2.12. The lowest BCUT2D eigenvalue weighted by Crippen LogP contribution is -2.00. The number of hydrogen-bond donors (Lipinski definition) is 0. The van der Waals surface area contributed by atoms with Crippen LogP contribution in [0.15, 0.2) is 29.4 Å². The molecule has 0 bridgehead atoms. The van der Waals surface area contributed by atoms with Gasteiger partial charge in [0, 0.05) is 17.9 Å². The number of rotatable bonds is 6. The van der Waals surface area contributed by atoms with E-state index in [0.717, 1.165) is 28.8 Å². The van der Waals surface area contributed by atoms with Crippen molar-refractivity contribution >= 4 is 11.8 Å². The summed E-state index contributed by atoms with van der Waals surface area (Å²) in [4.78, 5) is 0. The van der Waals surface area contributed by atoms with Crippen molar-refractivity contribution in [3.05, 3.63) is 29.8 Å². The maximum atomic E-state index is 4.37. The van der Waals surface area contributed by atoms with Gasteiger partial charge < -0.3 is 4.57 Å². The largest absolute Gasteiger partial charge is 0.302 e. The van der Waals surface area contributed by atoms with Crippen LogP contribution in [0.5, 0.6) is 0 Å². The van der Waals surface area contributed by atoms with E-state index in [0.29, 0.717) is 0 Å². The van der Waals surface area contributed by atoms with E-state index in [1.54, 1.807) is 11.8 Å². The molecule has 2 rings (SSSR count). The Bertz CT molecular complexity index is 534. The predicted octanol–water partition coefficient (Wildman–Crippen LogP) is 4.17. The minimum atomic E-state index is 0.907. The van der Waals surface area contributed by atoms with Gasteiger partial charge in [-0.3, -0.25) is 0 Å². The second-order valence-electron chi connectivity index (χ2n) is 4.62. The molecule has 0 atom stereocenters. The summed E-state index contributed by atoms with van der Waals surface area (Å²) < 4.78 is 2.20. The van der Waals surface area contributed by atoms with Crippen LogP contribution >= 0.6 is 11.8 Å². The Balaban J connectivity index is 2.26. The molecule has 0 aliphatic carbocycles. The molecule has 102 valence electrons. The molecule has 0 amide bonds. The van der Waals surface area contributed by atoms with Crippen LogP contribution in [0.1, 0.15) is 32.3 Å². The van der Waals surface area contributed by atoms with Gasteiger partial charge in [-0.25, -0.2) is 0 Å². The predicted molar refractivity (Wildman–Crippen MR) is 81.5 cm³/mol. The van der Waals surface area contributed by atoms with Gasteiger partial charge in [0.15, 0.2) is 11.0 Å². The van der Waals surface area contributed by atoms with Gasteiger partial charge in [-0.2, -0.15) is 0 Å². The molecule has 1 aromatic heterocycles. The molecule has 3 nitrogen and oxygen atoms in total. The minimum absolute atomic E-state index is 0.907. The molecule has 4 heteroatoms. The van der Waals surface area contributed by atoms with Gasteiger partial charge in [0.25, 0.3) is 0 Å². The Kier molecular flexibility index (Phi) is 5.02. The number of hydrogen-bond acceptors (Lipinski definition) is 3. The zero-order valence-electron chi connectivity index (χ0n) is 11.9. The van der Waals surface area contributed by atoms with Crippen molar-refractivity contribution < 1.29 is 0 Å². The smallest absolute Gasteiger partial charge is 0.191 e. The molecule has 0 saturated carbocycles. The summed E-state index contributed by atoms with van der Waals surface area (Å²) in [5.74, 6) is 2.09. The number of thioether (sulfide) groups is 1. The lowest BCUT2D eigenvalue weighted by Gasteiger charge is -2.07. The molecule has 19 heavy (non-hydrogen) atoms. The third kappa shape index (κ3) is 3.38. The first kappa shape index (κ1) is 14.1. The standard InChI is InChI=1S/C15H21N3S/c1-4-6-10-19-15-17-16-14(18(15)5-2)13-9-7-8-12(3)11-13/h7-9,11H,4-6,10H2,1-3H3. The number of benzene rings is 1. The summed E-state index contributed by atoms with van der Waals surface area (Å²) in [6.45, 7) is 7.37. The third-order valence-electron chi connectivity index (χ3n) is 3.04. The van der Waals surface area contributed by atoms with Crippen LogP contribution < -0.4 is 0 Å². The first-order valence-corrected chi connectivity index (χ1v) is 7.87. The molecule has 2 aromatic rings. The molecule has 1 aromatic carbocycles. The van der Waals surface area contributed by atoms with Crippen molar-refractivity contribution in [2.24, 2.45) is 0 Å². The average molecular weight is 275 g/mol. The van der Waals surface area contributed by atoms with E-state index < -0.39 is 0 Å². The van der Waals surface area contributed by atoms with Crippen LogP contribution in [0, 0.1) is 6.92 Å². The highest BCUT2D eigenvalue weighted by molar-refractivity contribution is 7.99. The van der Waals surface area contributed by atoms with Gasteiger partial charge in [0.2, 0.25) is 0 Å². The first-order valence-electron chi connectivity index (χ1n) is 6.89. The zero-order valence-corrected chi connectivity index (χ0v) is 12.7. The lowest BCUT2D eigenvalue weighted by molar-refractivity contribution is 0.686. The minimum Gasteiger partial charge on any atom is -0.302 e. The zero-order chi connectivity index (χ0) is 13.7. The number of unbranched alkanes of at least 4 members (excludes halogenated alkanes) is 1. The first-order chi connectivity index (χ1) is 9.26. The van der Waals surface area contributed by atoms with Gasteiger partial charge >= 0.3 is 0 Å². The van der Waals surface area contributed by atoms with Crippen molar-refractivity contribution in [2.75, 3.05) is 5.75 Å². The molecule has 0 saturated heterocycles. The van der Waals surface area contributed by atoms with E-state index in [-0.39, 0.29) is 0 Å². The highest BCUT2D eigenvalue weighted by atomic mass is 32.2. The average Bonchev–Trinajstić information content (AvgIpc) is 2.82. The monoisotopic (exact) mass is 275 g/mol. The van der Waals surface area contributed by atoms with Crippen LogP contribution in [0.3, 0.4) is 0 Å². The molecule has 0 N–H and O–H groups in total. The van der Waals surface area contributed by atoms with Crippen molar-refractivity contribution in [3.8, 4) is 11.4 Å². The summed E-state index contributed by atoms with van der Waals surface area (Å²) in [7, 11) is 0. The van der Waals surface area contributed by atoms with Gasteiger partial charge in [0.05, 0.1) is 0 Å². The van der Waals surface area contributed by atoms with Crippen molar-refractivity contribution in [1.29, 1.82) is 0 Å². The molecule has 0 aliphatic heterocycles. The van der Waals surface area contributed by atoms with E-state index in [1.165, 1.54) is 18.4 Å². The molecule has 0 spiro atoms. The number of nitrogens with zero attached hydrogens (tertiary/aromatic N) is 3. The van der Waals surface area contributed by atoms with Crippen LogP contribution in [-0.2, 0) is 6.54 Å². The molecule has 0 radical (unpaired) electrons. The molecule has 0 unspecified atom stereocenters.